The Morgan fingerprint density at radius 3 is 2.56 bits per heavy atom. The van der Waals surface area contributed by atoms with Gasteiger partial charge in [-0.1, -0.05) is 48.5 Å². The van der Waals surface area contributed by atoms with Crippen LogP contribution in [0.25, 0.3) is 0 Å². The molecule has 2 amide bonds. The summed E-state index contributed by atoms with van der Waals surface area (Å²) in [5, 5.41) is 8.23. The van der Waals surface area contributed by atoms with Gasteiger partial charge in [0.05, 0.1) is 16.6 Å². The van der Waals surface area contributed by atoms with E-state index in [1.807, 2.05) is 77.0 Å². The number of piperidine rings is 1. The Hall–Kier alpha value is -3.45. The number of hydrogen-bond acceptors (Lipinski definition) is 5. The Bertz CT molecular complexity index is 1170. The van der Waals surface area contributed by atoms with E-state index in [4.69, 9.17) is 9.84 Å². The van der Waals surface area contributed by atoms with E-state index in [2.05, 4.69) is 0 Å². The van der Waals surface area contributed by atoms with E-state index < -0.39 is 0 Å². The van der Waals surface area contributed by atoms with Crippen LogP contribution in [-0.2, 0) is 4.79 Å². The van der Waals surface area contributed by atoms with Crippen molar-refractivity contribution in [3.8, 4) is 5.75 Å². The number of ether oxygens (including phenoxy) is 1. The molecule has 3 heterocycles. The fourth-order valence-corrected chi connectivity index (χ4v) is 5.12. The van der Waals surface area contributed by atoms with Crippen molar-refractivity contribution in [2.75, 3.05) is 19.7 Å². The average Bonchev–Trinajstić information content (AvgIpc) is 3.59. The van der Waals surface area contributed by atoms with E-state index in [0.29, 0.717) is 17.0 Å². The number of nitrogens with zero attached hydrogens (tertiary/aromatic N) is 3. The van der Waals surface area contributed by atoms with Gasteiger partial charge in [-0.05, 0) is 54.0 Å². The third-order valence-electron chi connectivity index (χ3n) is 6.27. The van der Waals surface area contributed by atoms with Gasteiger partial charge in [0.15, 0.2) is 6.61 Å². The van der Waals surface area contributed by atoms with Gasteiger partial charge in [0, 0.05) is 19.5 Å². The normalized spacial score (nSPS) is 18.0. The number of rotatable bonds is 6. The molecule has 7 heteroatoms. The quantitative estimate of drug-likeness (QED) is 0.499. The van der Waals surface area contributed by atoms with Crippen LogP contribution in [0.2, 0.25) is 0 Å². The van der Waals surface area contributed by atoms with Crippen molar-refractivity contribution in [3.63, 3.8) is 0 Å². The minimum atomic E-state index is -0.244. The van der Waals surface area contributed by atoms with Gasteiger partial charge in [-0.25, -0.2) is 5.01 Å². The van der Waals surface area contributed by atoms with E-state index >= 15 is 0 Å². The molecule has 1 saturated heterocycles. The summed E-state index contributed by atoms with van der Waals surface area (Å²) in [6, 6.07) is 21.1. The van der Waals surface area contributed by atoms with E-state index in [0.717, 1.165) is 42.8 Å². The first-order valence-electron chi connectivity index (χ1n) is 11.7. The predicted octanol–water partition coefficient (Wildman–Crippen LogP) is 5.13. The highest BCUT2D eigenvalue weighted by molar-refractivity contribution is 7.12. The molecule has 0 aliphatic carbocycles. The molecule has 2 aliphatic heterocycles. The lowest BCUT2D eigenvalue weighted by Crippen LogP contribution is -2.38. The van der Waals surface area contributed by atoms with Crippen LogP contribution < -0.4 is 4.74 Å². The summed E-state index contributed by atoms with van der Waals surface area (Å²) in [7, 11) is 0. The predicted molar refractivity (Wildman–Crippen MR) is 133 cm³/mol. The van der Waals surface area contributed by atoms with E-state index in [1.165, 1.54) is 17.8 Å². The fourth-order valence-electron chi connectivity index (χ4n) is 4.47. The summed E-state index contributed by atoms with van der Waals surface area (Å²) < 4.78 is 5.87. The number of thiophene rings is 1. The lowest BCUT2D eigenvalue weighted by atomic mass is 9.98. The van der Waals surface area contributed by atoms with Crippen molar-refractivity contribution in [3.05, 3.63) is 88.1 Å². The molecule has 1 fully saturated rings. The Kier molecular flexibility index (Phi) is 6.72. The van der Waals surface area contributed by atoms with Crippen LogP contribution in [0.15, 0.2) is 77.2 Å². The number of benzene rings is 2. The first-order chi connectivity index (χ1) is 16.7. The van der Waals surface area contributed by atoms with Gasteiger partial charge in [-0.15, -0.1) is 11.3 Å². The smallest absolute Gasteiger partial charge is 0.284 e. The van der Waals surface area contributed by atoms with Crippen LogP contribution in [0, 0.1) is 0 Å². The summed E-state index contributed by atoms with van der Waals surface area (Å²) in [4.78, 5) is 28.3. The number of likely N-dealkylation sites (tertiary alicyclic amines) is 1. The Balaban J connectivity index is 1.35. The van der Waals surface area contributed by atoms with Crippen molar-refractivity contribution in [1.82, 2.24) is 9.91 Å². The van der Waals surface area contributed by atoms with Gasteiger partial charge in [0.25, 0.3) is 11.8 Å². The molecule has 1 atom stereocenters. The zero-order chi connectivity index (χ0) is 23.3. The monoisotopic (exact) mass is 473 g/mol. The zero-order valence-electron chi connectivity index (χ0n) is 18.9. The maximum atomic E-state index is 13.3. The van der Waals surface area contributed by atoms with E-state index in [-0.39, 0.29) is 24.5 Å². The number of hydrogen-bond donors (Lipinski definition) is 0. The summed E-state index contributed by atoms with van der Waals surface area (Å²) in [6.45, 7) is 1.64. The molecule has 0 bridgehead atoms. The standard InChI is InChI=1S/C27H27N3O3S/c31-26(29-14-5-2-6-15-29)19-33-22-12-7-11-21(17-22)24-18-23(20-9-3-1-4-10-20)28-30(24)27(32)25-13-8-16-34-25/h1,3-4,7-13,16-17,24H,2,5-6,14-15,18-19H2/t24-/m1/s1. The highest BCUT2D eigenvalue weighted by Crippen LogP contribution is 2.35. The van der Waals surface area contributed by atoms with Gasteiger partial charge in [-0.2, -0.15) is 5.10 Å². The van der Waals surface area contributed by atoms with Gasteiger partial charge in [-0.3, -0.25) is 9.59 Å². The highest BCUT2D eigenvalue weighted by atomic mass is 32.1. The summed E-state index contributed by atoms with van der Waals surface area (Å²) in [5.74, 6) is 0.534. The van der Waals surface area contributed by atoms with Crippen LogP contribution in [0.3, 0.4) is 0 Å². The van der Waals surface area contributed by atoms with Gasteiger partial charge < -0.3 is 9.64 Å². The maximum Gasteiger partial charge on any atom is 0.284 e. The molecule has 3 aromatic rings. The van der Waals surface area contributed by atoms with Gasteiger partial charge in [0.1, 0.15) is 5.75 Å². The topological polar surface area (TPSA) is 62.2 Å². The third kappa shape index (κ3) is 4.89. The third-order valence-corrected chi connectivity index (χ3v) is 7.13. The highest BCUT2D eigenvalue weighted by Gasteiger charge is 2.34. The Morgan fingerprint density at radius 2 is 1.79 bits per heavy atom. The summed E-state index contributed by atoms with van der Waals surface area (Å²) in [6.07, 6.45) is 3.90. The van der Waals surface area contributed by atoms with E-state index in [9.17, 15) is 9.59 Å². The second kappa shape index (κ2) is 10.2. The summed E-state index contributed by atoms with van der Waals surface area (Å²) in [5.41, 5.74) is 2.82. The van der Waals surface area contributed by atoms with Crippen LogP contribution >= 0.6 is 11.3 Å². The Morgan fingerprint density at radius 1 is 0.971 bits per heavy atom. The second-order valence-corrected chi connectivity index (χ2v) is 9.51. The lowest BCUT2D eigenvalue weighted by Gasteiger charge is -2.26. The molecule has 2 aromatic carbocycles. The molecule has 1 aromatic heterocycles. The van der Waals surface area contributed by atoms with Crippen molar-refractivity contribution in [2.45, 2.75) is 31.7 Å². The molecule has 5 rings (SSSR count). The lowest BCUT2D eigenvalue weighted by molar-refractivity contribution is -0.134. The van der Waals surface area contributed by atoms with Crippen LogP contribution in [0.4, 0.5) is 0 Å². The Labute approximate surface area is 203 Å². The van der Waals surface area contributed by atoms with Crippen LogP contribution in [0.5, 0.6) is 5.75 Å². The molecule has 0 radical (unpaired) electrons. The molecular formula is C27H27N3O3S. The van der Waals surface area contributed by atoms with Crippen molar-refractivity contribution in [2.24, 2.45) is 5.10 Å². The summed E-state index contributed by atoms with van der Waals surface area (Å²) >= 11 is 1.41. The molecule has 0 saturated carbocycles. The zero-order valence-corrected chi connectivity index (χ0v) is 19.7. The largest absolute Gasteiger partial charge is 0.484 e. The van der Waals surface area contributed by atoms with Crippen molar-refractivity contribution >= 4 is 28.9 Å². The fraction of sp³-hybridized carbons (Fsp3) is 0.296. The van der Waals surface area contributed by atoms with Crippen molar-refractivity contribution < 1.29 is 14.3 Å². The molecule has 0 N–H and O–H groups in total. The molecule has 34 heavy (non-hydrogen) atoms. The maximum absolute atomic E-state index is 13.3. The van der Waals surface area contributed by atoms with Crippen LogP contribution in [-0.4, -0.2) is 47.1 Å². The molecule has 2 aliphatic rings. The molecule has 0 unspecified atom stereocenters. The minimum absolute atomic E-state index is 0.0233. The minimum Gasteiger partial charge on any atom is -0.484 e. The molecular weight excluding hydrogens is 446 g/mol. The molecule has 174 valence electrons. The van der Waals surface area contributed by atoms with Gasteiger partial charge in [0.2, 0.25) is 0 Å². The van der Waals surface area contributed by atoms with Gasteiger partial charge >= 0.3 is 0 Å². The number of hydrazone groups is 1. The SMILES string of the molecule is O=C(COc1cccc([C@H]2CC(c3ccccc3)=NN2C(=O)c2cccs2)c1)N1CCCCC1. The first-order valence-corrected chi connectivity index (χ1v) is 12.6. The number of carbonyl (C=O) groups is 2. The molecule has 6 nitrogen and oxygen atoms in total. The number of carbonyl (C=O) groups excluding carboxylic acids is 2. The number of amides is 2. The average molecular weight is 474 g/mol. The second-order valence-electron chi connectivity index (χ2n) is 8.56. The first kappa shape index (κ1) is 22.3. The van der Waals surface area contributed by atoms with E-state index in [1.54, 1.807) is 5.01 Å². The molecule has 0 spiro atoms. The van der Waals surface area contributed by atoms with Crippen LogP contribution in [0.1, 0.15) is 52.5 Å². The van der Waals surface area contributed by atoms with Crippen molar-refractivity contribution in [1.29, 1.82) is 0 Å².